The van der Waals surface area contributed by atoms with E-state index in [9.17, 15) is 29.4 Å². The number of aliphatic hydroxyl groups is 1. The largest absolute Gasteiger partial charge is 0.493 e. The Hall–Kier alpha value is -4.42. The predicted molar refractivity (Wildman–Crippen MR) is 151 cm³/mol. The first kappa shape index (κ1) is 29.6. The second-order valence-corrected chi connectivity index (χ2v) is 11.6. The molecule has 0 aromatic heterocycles. The van der Waals surface area contributed by atoms with Crippen molar-refractivity contribution in [2.24, 2.45) is 0 Å². The summed E-state index contributed by atoms with van der Waals surface area (Å²) >= 11 is 0. The predicted octanol–water partition coefficient (Wildman–Crippen LogP) is 2.21. The molecule has 44 heavy (non-hydrogen) atoms. The summed E-state index contributed by atoms with van der Waals surface area (Å²) in [6.45, 7) is 1.70. The van der Waals surface area contributed by atoms with Crippen molar-refractivity contribution in [2.45, 2.75) is 68.0 Å². The first-order valence-corrected chi connectivity index (χ1v) is 14.4. The molecule has 1 spiro atoms. The summed E-state index contributed by atoms with van der Waals surface area (Å²) in [4.78, 5) is 51.9. The van der Waals surface area contributed by atoms with Gasteiger partial charge in [0.25, 0.3) is 0 Å². The van der Waals surface area contributed by atoms with Gasteiger partial charge in [-0.25, -0.2) is 9.59 Å². The third kappa shape index (κ3) is 4.51. The number of likely N-dealkylation sites (tertiary alicyclic amines) is 1. The van der Waals surface area contributed by atoms with Gasteiger partial charge in [-0.15, -0.1) is 0 Å². The zero-order valence-electron chi connectivity index (χ0n) is 24.5. The Morgan fingerprint density at radius 3 is 2.52 bits per heavy atom. The number of carboxylic acids is 1. The minimum atomic E-state index is -1.77. The van der Waals surface area contributed by atoms with E-state index in [1.807, 2.05) is 19.2 Å². The molecule has 2 bridgehead atoms. The molecule has 2 unspecified atom stereocenters. The summed E-state index contributed by atoms with van der Waals surface area (Å²) in [6.07, 6.45) is -2.15. The van der Waals surface area contributed by atoms with Gasteiger partial charge in [-0.3, -0.25) is 9.59 Å². The Morgan fingerprint density at radius 2 is 1.84 bits per heavy atom. The van der Waals surface area contributed by atoms with E-state index >= 15 is 0 Å². The summed E-state index contributed by atoms with van der Waals surface area (Å²) in [5.74, 6) is -3.31. The highest BCUT2D eigenvalue weighted by molar-refractivity contribution is 5.87. The summed E-state index contributed by atoms with van der Waals surface area (Å²) in [7, 11) is 3.53. The van der Waals surface area contributed by atoms with Gasteiger partial charge in [0.1, 0.15) is 5.76 Å². The van der Waals surface area contributed by atoms with Gasteiger partial charge < -0.3 is 38.8 Å². The Morgan fingerprint density at radius 1 is 1.09 bits per heavy atom. The van der Waals surface area contributed by atoms with Gasteiger partial charge in [0.2, 0.25) is 12.2 Å². The molecular formula is C32H33NO11. The van der Waals surface area contributed by atoms with Crippen LogP contribution < -0.4 is 9.47 Å². The molecule has 4 aliphatic rings. The van der Waals surface area contributed by atoms with E-state index in [-0.39, 0.29) is 23.8 Å². The molecule has 2 N–H and O–H groups in total. The van der Waals surface area contributed by atoms with Gasteiger partial charge in [0.15, 0.2) is 17.6 Å². The molecule has 1 saturated heterocycles. The third-order valence-corrected chi connectivity index (χ3v) is 9.26. The fourth-order valence-electron chi connectivity index (χ4n) is 7.36. The molecule has 2 aromatic carbocycles. The molecule has 232 valence electrons. The van der Waals surface area contributed by atoms with Crippen LogP contribution >= 0.6 is 0 Å². The fraction of sp³-hybridized carbons (Fsp3) is 0.438. The molecule has 6 rings (SSSR count). The average Bonchev–Trinajstić information content (AvgIpc) is 3.34. The number of methoxy groups -OCH3 is 1. The number of hydrogen-bond acceptors (Lipinski definition) is 11. The van der Waals surface area contributed by atoms with E-state index in [1.165, 1.54) is 7.11 Å². The summed E-state index contributed by atoms with van der Waals surface area (Å²) in [5.41, 5.74) is 0.00468. The van der Waals surface area contributed by atoms with Crippen LogP contribution in [0.25, 0.3) is 0 Å². The van der Waals surface area contributed by atoms with E-state index in [0.717, 1.165) is 18.1 Å². The highest BCUT2D eigenvalue weighted by Gasteiger charge is 2.72. The highest BCUT2D eigenvalue weighted by atomic mass is 16.6. The molecular weight excluding hydrogens is 574 g/mol. The zero-order chi connectivity index (χ0) is 31.4. The summed E-state index contributed by atoms with van der Waals surface area (Å²) in [5, 5.41) is 21.6. The molecule has 6 atom stereocenters. The Kier molecular flexibility index (Phi) is 7.37. The lowest BCUT2D eigenvalue weighted by Crippen LogP contribution is -2.74. The van der Waals surface area contributed by atoms with Gasteiger partial charge in [-0.1, -0.05) is 36.4 Å². The maximum Gasteiger partial charge on any atom is 0.357 e. The number of piperidine rings is 1. The summed E-state index contributed by atoms with van der Waals surface area (Å²) < 4.78 is 28.5. The molecule has 2 aliphatic heterocycles. The quantitative estimate of drug-likeness (QED) is 0.317. The molecule has 0 radical (unpaired) electrons. The minimum Gasteiger partial charge on any atom is -0.493 e. The van der Waals surface area contributed by atoms with Gasteiger partial charge in [-0.2, -0.15) is 0 Å². The van der Waals surface area contributed by atoms with Crippen LogP contribution in [0.15, 0.2) is 54.3 Å². The lowest BCUT2D eigenvalue weighted by molar-refractivity contribution is -0.183. The number of esters is 3. The smallest absolute Gasteiger partial charge is 0.357 e. The topological polar surface area (TPSA) is 158 Å². The van der Waals surface area contributed by atoms with Crippen molar-refractivity contribution >= 4 is 23.9 Å². The maximum atomic E-state index is 13.8. The highest BCUT2D eigenvalue weighted by Crippen LogP contribution is 2.65. The van der Waals surface area contributed by atoms with Crippen molar-refractivity contribution in [3.63, 3.8) is 0 Å². The van der Waals surface area contributed by atoms with Crippen LogP contribution in [0.4, 0.5) is 0 Å². The van der Waals surface area contributed by atoms with Crippen molar-refractivity contribution in [2.75, 3.05) is 20.7 Å². The number of rotatable bonds is 9. The Labute approximate surface area is 253 Å². The first-order chi connectivity index (χ1) is 21.0. The first-order valence-electron chi connectivity index (χ1n) is 14.4. The van der Waals surface area contributed by atoms with Crippen molar-refractivity contribution in [1.29, 1.82) is 0 Å². The van der Waals surface area contributed by atoms with Crippen LogP contribution in [0.2, 0.25) is 0 Å². The Balaban J connectivity index is 1.35. The number of benzene rings is 2. The third-order valence-electron chi connectivity index (χ3n) is 9.26. The van der Waals surface area contributed by atoms with Crippen LogP contribution in [0.1, 0.15) is 49.0 Å². The number of nitrogens with zero attached hydrogens (tertiary/aromatic N) is 1. The lowest BCUT2D eigenvalue weighted by Gasteiger charge is -2.61. The second kappa shape index (κ2) is 10.9. The van der Waals surface area contributed by atoms with Gasteiger partial charge in [0.05, 0.1) is 24.5 Å². The van der Waals surface area contributed by atoms with Gasteiger partial charge in [-0.05, 0) is 44.1 Å². The van der Waals surface area contributed by atoms with Crippen LogP contribution in [0.5, 0.6) is 11.5 Å². The number of carboxylic acid groups (broad SMARTS) is 1. The number of hydrogen-bond donors (Lipinski definition) is 2. The molecule has 2 aromatic rings. The van der Waals surface area contributed by atoms with Gasteiger partial charge >= 0.3 is 23.9 Å². The van der Waals surface area contributed by atoms with E-state index in [4.69, 9.17) is 23.7 Å². The fourth-order valence-corrected chi connectivity index (χ4v) is 7.36. The zero-order valence-corrected chi connectivity index (χ0v) is 24.5. The van der Waals surface area contributed by atoms with Crippen molar-refractivity contribution in [3.8, 4) is 11.5 Å². The van der Waals surface area contributed by atoms with Crippen LogP contribution in [-0.2, 0) is 45.2 Å². The lowest BCUT2D eigenvalue weighted by atomic mass is 9.50. The van der Waals surface area contributed by atoms with Crippen LogP contribution in [0, 0.1) is 0 Å². The molecule has 12 nitrogen and oxygen atoms in total. The maximum absolute atomic E-state index is 13.8. The van der Waals surface area contributed by atoms with E-state index in [2.05, 4.69) is 4.90 Å². The molecule has 0 amide bonds. The average molecular weight is 608 g/mol. The minimum absolute atomic E-state index is 0.160. The van der Waals surface area contributed by atoms with E-state index < -0.39 is 59.6 Å². The number of aliphatic carboxylic acids is 1. The second-order valence-electron chi connectivity index (χ2n) is 11.6. The molecule has 1 fully saturated rings. The molecule has 0 saturated carbocycles. The SMILES string of the molecule is COc1ccc2c3c1O[C@H]1C(OC(=O)C(OC(=O)C(CC(=O)O)OC(C)=O)c4ccccc4)=CC[C@@]4(O)[C@@H](C2)N(C)CC[C@]314. The normalized spacial score (nSPS) is 27.5. The number of carbonyl (C=O) groups excluding carboxylic acids is 3. The van der Waals surface area contributed by atoms with Crippen LogP contribution in [0.3, 0.4) is 0 Å². The summed E-state index contributed by atoms with van der Waals surface area (Å²) in [6, 6.07) is 11.7. The van der Waals surface area contributed by atoms with Gasteiger partial charge in [0, 0.05) is 30.5 Å². The number of ether oxygens (including phenoxy) is 5. The molecule has 12 heteroatoms. The standard InChI is InChI=1S/C32H33NO11/c1-17(34)41-22(16-24(35)36)29(37)44-26(18-7-5-4-6-8-18)30(38)42-21-11-12-32(39)23-15-19-9-10-20(40-3)27-25(19)31(32,28(21)43-27)13-14-33(23)2/h4-11,22-23,26,28,39H,12-16H2,1-3H3,(H,35,36)/t22?,23-,26?,28+,31+,32-/m1/s1. The molecule has 2 aliphatic carbocycles. The number of carbonyl (C=O) groups is 4. The monoisotopic (exact) mass is 607 g/mol. The van der Waals surface area contributed by atoms with Crippen molar-refractivity contribution in [3.05, 3.63) is 71.0 Å². The van der Waals surface area contributed by atoms with Crippen LogP contribution in [-0.4, -0.2) is 83.5 Å². The number of likely N-dealkylation sites (N-methyl/N-ethyl adjacent to an activating group) is 1. The van der Waals surface area contributed by atoms with E-state index in [1.54, 1.807) is 36.4 Å². The van der Waals surface area contributed by atoms with Crippen molar-refractivity contribution in [1.82, 2.24) is 4.90 Å². The van der Waals surface area contributed by atoms with E-state index in [0.29, 0.717) is 30.9 Å². The van der Waals surface area contributed by atoms with Crippen molar-refractivity contribution < 1.29 is 53.1 Å². The molecule has 2 heterocycles. The Bertz CT molecular complexity index is 1540.